The number of fused-ring (bicyclic) bond motifs is 8. The van der Waals surface area contributed by atoms with Crippen molar-refractivity contribution in [3.63, 3.8) is 0 Å². The summed E-state index contributed by atoms with van der Waals surface area (Å²) in [6.07, 6.45) is 14.2. The van der Waals surface area contributed by atoms with Crippen LogP contribution in [0.25, 0.3) is 22.4 Å². The average Bonchev–Trinajstić information content (AvgIpc) is 3.75. The molecule has 0 aliphatic heterocycles. The number of carboxylic acid groups (broad SMARTS) is 1. The summed E-state index contributed by atoms with van der Waals surface area (Å²) in [5.74, 6) is 3.24. The summed E-state index contributed by atoms with van der Waals surface area (Å²) in [6, 6.07) is 10.6. The lowest BCUT2D eigenvalue weighted by atomic mass is 9.35. The molecule has 60 heavy (non-hydrogen) atoms. The summed E-state index contributed by atoms with van der Waals surface area (Å²) in [7, 11) is 0. The fourth-order valence-corrected chi connectivity index (χ4v) is 15.6. The minimum absolute atomic E-state index is 0.0333. The van der Waals surface area contributed by atoms with E-state index in [4.69, 9.17) is 4.98 Å². The van der Waals surface area contributed by atoms with Gasteiger partial charge in [0.1, 0.15) is 11.6 Å². The number of hydrogen-bond donors (Lipinski definition) is 3. The van der Waals surface area contributed by atoms with Gasteiger partial charge in [-0.1, -0.05) is 60.1 Å². The number of ketones is 2. The van der Waals surface area contributed by atoms with E-state index in [-0.39, 0.29) is 45.3 Å². The molecule has 11 atom stereocenters. The summed E-state index contributed by atoms with van der Waals surface area (Å²) < 4.78 is 0. The lowest BCUT2D eigenvalue weighted by Gasteiger charge is -2.69. The Bertz CT molecular complexity index is 2220. The molecule has 8 nitrogen and oxygen atoms in total. The van der Waals surface area contributed by atoms with E-state index in [9.17, 15) is 19.5 Å². The molecule has 11 unspecified atom stereocenters. The number of nitrogens with zero attached hydrogens (tertiary/aromatic N) is 2. The highest BCUT2D eigenvalue weighted by molar-refractivity contribution is 6.00. The second-order valence-electron chi connectivity index (χ2n) is 22.3. The highest BCUT2D eigenvalue weighted by Crippen LogP contribution is 2.74. The van der Waals surface area contributed by atoms with Crippen molar-refractivity contribution in [1.82, 2.24) is 20.3 Å². The van der Waals surface area contributed by atoms with Crippen LogP contribution in [0.3, 0.4) is 0 Å². The normalized spacial score (nSPS) is 37.0. The van der Waals surface area contributed by atoms with E-state index in [0.717, 1.165) is 60.5 Å². The van der Waals surface area contributed by atoms with Crippen LogP contribution in [-0.4, -0.2) is 44.1 Å². The van der Waals surface area contributed by atoms with Crippen LogP contribution < -0.4 is 5.32 Å². The number of carbonyl (C=O) groups excluding carboxylic acids is 2. The minimum atomic E-state index is -0.750. The zero-order valence-corrected chi connectivity index (χ0v) is 37.6. The number of carbonyl (C=O) groups is 3. The van der Waals surface area contributed by atoms with Crippen molar-refractivity contribution in [3.8, 4) is 11.4 Å². The molecule has 322 valence electrons. The number of aromatic amines is 1. The van der Waals surface area contributed by atoms with Gasteiger partial charge in [-0.15, -0.1) is 0 Å². The number of hydrogen-bond acceptors (Lipinski definition) is 6. The standard InChI is InChI=1S/C52H70N4O4/c1-29(2)45-42(58)26-52(21-22-53-27-32-10-13-39-40(23-32)56-47(55-39)33-11-9-30(3)54-28-33)20-16-38-35(46(45)52)12-14-44-50(38,7)19-17-43-49(5,6)34(15-18-51(43,44)8)24-41(57)36-25-37(31(36)4)48(59)60/h9-11,13,23,28-29,31,34-38,43-44,53H,12,14-22,24-27H2,1-8H3,(H,55,56)(H,59,60). The molecule has 2 heterocycles. The highest BCUT2D eigenvalue weighted by atomic mass is 16.4. The zero-order chi connectivity index (χ0) is 42.5. The van der Waals surface area contributed by atoms with Gasteiger partial charge in [0, 0.05) is 48.2 Å². The van der Waals surface area contributed by atoms with Crippen molar-refractivity contribution in [3.05, 3.63) is 58.9 Å². The molecule has 3 N–H and O–H groups in total. The summed E-state index contributed by atoms with van der Waals surface area (Å²) in [5, 5.41) is 13.4. The molecular formula is C52H70N4O4. The van der Waals surface area contributed by atoms with E-state index >= 15 is 0 Å². The van der Waals surface area contributed by atoms with Crippen LogP contribution >= 0.6 is 0 Å². The van der Waals surface area contributed by atoms with Gasteiger partial charge >= 0.3 is 5.97 Å². The van der Waals surface area contributed by atoms with E-state index in [2.05, 4.69) is 81.1 Å². The molecule has 6 aliphatic carbocycles. The van der Waals surface area contributed by atoms with Gasteiger partial charge in [-0.05, 0) is 171 Å². The van der Waals surface area contributed by atoms with E-state index in [1.807, 2.05) is 26.1 Å². The Kier molecular flexibility index (Phi) is 10.4. The van der Waals surface area contributed by atoms with E-state index in [1.54, 1.807) is 5.57 Å². The number of aryl methyl sites for hydroxylation is 1. The summed E-state index contributed by atoms with van der Waals surface area (Å²) >= 11 is 0. The molecular weight excluding hydrogens is 745 g/mol. The van der Waals surface area contributed by atoms with Crippen molar-refractivity contribution in [2.24, 2.45) is 74.9 Å². The third-order valence-corrected chi connectivity index (χ3v) is 18.8. The first-order valence-electron chi connectivity index (χ1n) is 23.6. The number of aliphatic carboxylic acids is 1. The van der Waals surface area contributed by atoms with Crippen molar-refractivity contribution < 1.29 is 19.5 Å². The Balaban J connectivity index is 0.887. The summed E-state index contributed by atoms with van der Waals surface area (Å²) in [6.45, 7) is 20.4. The Labute approximate surface area is 358 Å². The van der Waals surface area contributed by atoms with Gasteiger partial charge < -0.3 is 15.4 Å². The van der Waals surface area contributed by atoms with Crippen LogP contribution in [-0.2, 0) is 20.9 Å². The monoisotopic (exact) mass is 815 g/mol. The number of aromatic nitrogens is 3. The molecule has 0 saturated heterocycles. The maximum atomic E-state index is 14.1. The molecule has 1 aromatic carbocycles. The molecule has 5 saturated carbocycles. The lowest BCUT2D eigenvalue weighted by Crippen LogP contribution is -2.62. The van der Waals surface area contributed by atoms with Gasteiger partial charge in [0.15, 0.2) is 5.78 Å². The van der Waals surface area contributed by atoms with E-state index in [1.165, 1.54) is 49.7 Å². The van der Waals surface area contributed by atoms with Crippen molar-refractivity contribution >= 4 is 28.6 Å². The van der Waals surface area contributed by atoms with Crippen LogP contribution in [0.4, 0.5) is 0 Å². The second-order valence-corrected chi connectivity index (χ2v) is 22.3. The van der Waals surface area contributed by atoms with Gasteiger partial charge in [0.05, 0.1) is 17.0 Å². The number of nitrogens with one attached hydrogen (secondary N) is 2. The number of H-pyrrole nitrogens is 1. The Morgan fingerprint density at radius 3 is 2.45 bits per heavy atom. The topological polar surface area (TPSA) is 125 Å². The summed E-state index contributed by atoms with van der Waals surface area (Å²) in [5.41, 5.74) is 8.44. The van der Waals surface area contributed by atoms with Crippen LogP contribution in [0.15, 0.2) is 47.7 Å². The van der Waals surface area contributed by atoms with E-state index < -0.39 is 5.97 Å². The first-order valence-corrected chi connectivity index (χ1v) is 23.6. The van der Waals surface area contributed by atoms with Gasteiger partial charge in [-0.3, -0.25) is 19.4 Å². The number of carboxylic acids is 1. The fraction of sp³-hybridized carbons (Fsp3) is 0.673. The molecule has 0 spiro atoms. The highest BCUT2D eigenvalue weighted by Gasteiger charge is 2.66. The number of allylic oxidation sites excluding steroid dienone is 2. The number of imidazole rings is 1. The van der Waals surface area contributed by atoms with Crippen LogP contribution in [0.1, 0.15) is 137 Å². The van der Waals surface area contributed by atoms with Crippen LogP contribution in [0, 0.1) is 81.8 Å². The number of rotatable bonds is 11. The number of benzene rings is 1. The SMILES string of the molecule is Cc1ccc(-c2nc3ccc(CNCCC45CCC6C(CCC7C6(C)CCC6C(C)(C)C(CC(=O)C8CC(C(=O)O)C8C)CCC67C)C4=C(C(C)C)C(=O)C5)cc3[nH]2)cn1. The smallest absolute Gasteiger partial charge is 0.306 e. The first kappa shape index (κ1) is 41.7. The fourth-order valence-electron chi connectivity index (χ4n) is 15.6. The summed E-state index contributed by atoms with van der Waals surface area (Å²) in [4.78, 5) is 52.2. The van der Waals surface area contributed by atoms with Gasteiger partial charge in [0.25, 0.3) is 0 Å². The number of Topliss-reactive ketones (excluding diaryl/α,β-unsaturated/α-hetero) is 2. The van der Waals surface area contributed by atoms with Gasteiger partial charge in [0.2, 0.25) is 0 Å². The largest absolute Gasteiger partial charge is 0.481 e. The Morgan fingerprint density at radius 2 is 1.73 bits per heavy atom. The molecule has 3 aromatic rings. The maximum Gasteiger partial charge on any atom is 0.306 e. The quantitative estimate of drug-likeness (QED) is 0.165. The molecule has 0 bridgehead atoms. The molecule has 0 amide bonds. The molecule has 8 heteroatoms. The predicted molar refractivity (Wildman–Crippen MR) is 237 cm³/mol. The van der Waals surface area contributed by atoms with Crippen molar-refractivity contribution in [1.29, 1.82) is 0 Å². The third-order valence-electron chi connectivity index (χ3n) is 18.8. The second kappa shape index (κ2) is 15.0. The van der Waals surface area contributed by atoms with Gasteiger partial charge in [-0.25, -0.2) is 4.98 Å². The zero-order valence-electron chi connectivity index (χ0n) is 37.6. The van der Waals surface area contributed by atoms with E-state index in [0.29, 0.717) is 60.4 Å². The average molecular weight is 815 g/mol. The molecule has 2 aromatic heterocycles. The van der Waals surface area contributed by atoms with Crippen molar-refractivity contribution in [2.45, 2.75) is 139 Å². The van der Waals surface area contributed by atoms with Crippen LogP contribution in [0.2, 0.25) is 0 Å². The molecule has 0 radical (unpaired) electrons. The molecule has 6 aliphatic rings. The number of pyridine rings is 1. The van der Waals surface area contributed by atoms with Crippen LogP contribution in [0.5, 0.6) is 0 Å². The third kappa shape index (κ3) is 6.58. The minimum Gasteiger partial charge on any atom is -0.481 e. The molecule has 5 fully saturated rings. The molecule has 9 rings (SSSR count). The lowest BCUT2D eigenvalue weighted by molar-refractivity contribution is -0.193. The Morgan fingerprint density at radius 1 is 0.950 bits per heavy atom. The maximum absolute atomic E-state index is 14.1. The van der Waals surface area contributed by atoms with Gasteiger partial charge in [-0.2, -0.15) is 0 Å². The predicted octanol–water partition coefficient (Wildman–Crippen LogP) is 10.9. The first-order chi connectivity index (χ1) is 28.5. The van der Waals surface area contributed by atoms with Crippen molar-refractivity contribution in [2.75, 3.05) is 6.54 Å². The Hall–Kier alpha value is -3.65.